The molecule has 2 N–H and O–H groups in total. The van der Waals surface area contributed by atoms with Crippen LogP contribution in [0.4, 0.5) is 13.2 Å². The minimum absolute atomic E-state index is 0.0759. The lowest BCUT2D eigenvalue weighted by molar-refractivity contribution is -0.141. The van der Waals surface area contributed by atoms with Gasteiger partial charge in [0.05, 0.1) is 13.0 Å². The van der Waals surface area contributed by atoms with E-state index in [9.17, 15) is 22.8 Å². The molecule has 0 radical (unpaired) electrons. The molecule has 0 aliphatic rings. The summed E-state index contributed by atoms with van der Waals surface area (Å²) in [7, 11) is 0. The molecule has 1 heterocycles. The molecule has 1 unspecified atom stereocenters. The van der Waals surface area contributed by atoms with Gasteiger partial charge in [0.2, 0.25) is 0 Å². The first kappa shape index (κ1) is 25.7. The molecule has 0 saturated heterocycles. The van der Waals surface area contributed by atoms with Gasteiger partial charge in [-0.15, -0.1) is 0 Å². The SMILES string of the molecule is CC(COc1ccc(-c2ccc(C(F)(F)F)nc2)cc1)Cc1ccc(C(=O)NCCC(=O)O)cc1. The molecule has 2 aromatic carbocycles. The summed E-state index contributed by atoms with van der Waals surface area (Å²) in [6, 6.07) is 16.5. The van der Waals surface area contributed by atoms with Crippen LogP contribution in [0.3, 0.4) is 0 Å². The number of benzene rings is 2. The number of carbonyl (C=O) groups excluding carboxylic acids is 1. The van der Waals surface area contributed by atoms with Gasteiger partial charge in [0.15, 0.2) is 0 Å². The van der Waals surface area contributed by atoms with E-state index in [2.05, 4.69) is 10.3 Å². The third-order valence-electron chi connectivity index (χ3n) is 5.20. The second-order valence-electron chi connectivity index (χ2n) is 8.17. The maximum Gasteiger partial charge on any atom is 0.433 e. The molecular weight excluding hydrogens is 461 g/mol. The van der Waals surface area contributed by atoms with Gasteiger partial charge in [-0.2, -0.15) is 13.2 Å². The number of hydrogen-bond donors (Lipinski definition) is 2. The summed E-state index contributed by atoms with van der Waals surface area (Å²) >= 11 is 0. The molecule has 9 heteroatoms. The average molecular weight is 486 g/mol. The smallest absolute Gasteiger partial charge is 0.433 e. The van der Waals surface area contributed by atoms with Crippen LogP contribution in [0, 0.1) is 5.92 Å². The fourth-order valence-electron chi connectivity index (χ4n) is 3.35. The Balaban J connectivity index is 1.47. The van der Waals surface area contributed by atoms with Gasteiger partial charge in [-0.25, -0.2) is 0 Å². The van der Waals surface area contributed by atoms with Crippen LogP contribution in [-0.4, -0.2) is 35.1 Å². The lowest BCUT2D eigenvalue weighted by Gasteiger charge is -2.14. The molecule has 0 spiro atoms. The molecule has 1 aromatic heterocycles. The van der Waals surface area contributed by atoms with Crippen LogP contribution in [0.25, 0.3) is 11.1 Å². The monoisotopic (exact) mass is 486 g/mol. The number of aromatic nitrogens is 1. The standard InChI is InChI=1S/C26H25F3N2O4/c1-17(14-18-2-4-20(5-3-18)25(34)30-13-12-24(32)33)16-35-22-9-6-19(7-10-22)21-8-11-23(31-15-21)26(27,28)29/h2-11,15,17H,12-14,16H2,1H3,(H,30,34)(H,32,33). The number of aliphatic carboxylic acids is 1. The number of carboxylic acids is 1. The van der Waals surface area contributed by atoms with Crippen molar-refractivity contribution in [2.75, 3.05) is 13.2 Å². The Bertz CT molecular complexity index is 1130. The Labute approximate surface area is 200 Å². The van der Waals surface area contributed by atoms with Crippen LogP contribution in [-0.2, 0) is 17.4 Å². The molecule has 0 aliphatic carbocycles. The molecule has 1 amide bonds. The topological polar surface area (TPSA) is 88.5 Å². The zero-order chi connectivity index (χ0) is 25.4. The molecule has 184 valence electrons. The second kappa shape index (κ2) is 11.5. The molecular formula is C26H25F3N2O4. The maximum absolute atomic E-state index is 12.7. The van der Waals surface area contributed by atoms with Crippen molar-refractivity contribution in [1.29, 1.82) is 0 Å². The first-order valence-corrected chi connectivity index (χ1v) is 11.0. The van der Waals surface area contributed by atoms with Crippen LogP contribution in [0.1, 0.15) is 35.0 Å². The van der Waals surface area contributed by atoms with Crippen molar-refractivity contribution in [2.24, 2.45) is 5.92 Å². The number of nitrogens with one attached hydrogen (secondary N) is 1. The quantitative estimate of drug-likeness (QED) is 0.410. The third-order valence-corrected chi connectivity index (χ3v) is 5.20. The van der Waals surface area contributed by atoms with Crippen molar-refractivity contribution < 1.29 is 32.6 Å². The first-order chi connectivity index (χ1) is 16.6. The highest BCUT2D eigenvalue weighted by molar-refractivity contribution is 5.94. The Hall–Kier alpha value is -3.88. The molecule has 0 bridgehead atoms. The van der Waals surface area contributed by atoms with E-state index in [0.29, 0.717) is 23.5 Å². The Morgan fingerprint density at radius 1 is 1.00 bits per heavy atom. The van der Waals surface area contributed by atoms with Crippen LogP contribution < -0.4 is 10.1 Å². The van der Waals surface area contributed by atoms with Gasteiger partial charge in [0.25, 0.3) is 5.91 Å². The predicted octanol–water partition coefficient (Wildman–Crippen LogP) is 5.23. The molecule has 6 nitrogen and oxygen atoms in total. The van der Waals surface area contributed by atoms with Crippen LogP contribution in [0.15, 0.2) is 66.9 Å². The van der Waals surface area contributed by atoms with E-state index in [-0.39, 0.29) is 24.8 Å². The summed E-state index contributed by atoms with van der Waals surface area (Å²) in [5, 5.41) is 11.2. The van der Waals surface area contributed by atoms with Crippen LogP contribution in [0.5, 0.6) is 5.75 Å². The molecule has 35 heavy (non-hydrogen) atoms. The van der Waals surface area contributed by atoms with Crippen molar-refractivity contribution in [3.8, 4) is 16.9 Å². The van der Waals surface area contributed by atoms with Crippen LogP contribution >= 0.6 is 0 Å². The molecule has 0 saturated carbocycles. The normalized spacial score (nSPS) is 12.1. The Kier molecular flexibility index (Phi) is 8.46. The highest BCUT2D eigenvalue weighted by Gasteiger charge is 2.32. The van der Waals surface area contributed by atoms with Gasteiger partial charge < -0.3 is 15.2 Å². The summed E-state index contributed by atoms with van der Waals surface area (Å²) < 4.78 is 43.8. The number of alkyl halides is 3. The summed E-state index contributed by atoms with van der Waals surface area (Å²) in [4.78, 5) is 26.0. The van der Waals surface area contributed by atoms with Gasteiger partial charge in [-0.05, 0) is 53.8 Å². The fourth-order valence-corrected chi connectivity index (χ4v) is 3.35. The minimum atomic E-state index is -4.47. The number of pyridine rings is 1. The van der Waals surface area contributed by atoms with Crippen molar-refractivity contribution in [3.63, 3.8) is 0 Å². The lowest BCUT2D eigenvalue weighted by Crippen LogP contribution is -2.25. The number of halogens is 3. The zero-order valence-corrected chi connectivity index (χ0v) is 19.0. The van der Waals surface area contributed by atoms with Crippen molar-refractivity contribution in [2.45, 2.75) is 25.9 Å². The fraction of sp³-hybridized carbons (Fsp3) is 0.269. The van der Waals surface area contributed by atoms with E-state index in [1.165, 1.54) is 12.3 Å². The van der Waals surface area contributed by atoms with Crippen molar-refractivity contribution in [1.82, 2.24) is 10.3 Å². The number of amides is 1. The number of nitrogens with zero attached hydrogens (tertiary/aromatic N) is 1. The summed E-state index contributed by atoms with van der Waals surface area (Å²) in [6.07, 6.45) is -2.66. The molecule has 0 fully saturated rings. The van der Waals surface area contributed by atoms with Gasteiger partial charge >= 0.3 is 12.1 Å². The number of hydrogen-bond acceptors (Lipinski definition) is 4. The minimum Gasteiger partial charge on any atom is -0.493 e. The lowest BCUT2D eigenvalue weighted by atomic mass is 10.0. The summed E-state index contributed by atoms with van der Waals surface area (Å²) in [5.41, 5.74) is 1.89. The third kappa shape index (κ3) is 7.84. The van der Waals surface area contributed by atoms with Gasteiger partial charge in [-0.3, -0.25) is 14.6 Å². The van der Waals surface area contributed by atoms with Gasteiger partial charge in [0.1, 0.15) is 11.4 Å². The number of carboxylic acid groups (broad SMARTS) is 1. The van der Waals surface area contributed by atoms with E-state index in [0.717, 1.165) is 23.6 Å². The number of rotatable bonds is 10. The van der Waals surface area contributed by atoms with E-state index < -0.39 is 17.8 Å². The molecule has 3 rings (SSSR count). The number of carbonyl (C=O) groups is 2. The Morgan fingerprint density at radius 2 is 1.66 bits per heavy atom. The average Bonchev–Trinajstić information content (AvgIpc) is 2.83. The maximum atomic E-state index is 12.7. The largest absolute Gasteiger partial charge is 0.493 e. The van der Waals surface area contributed by atoms with E-state index >= 15 is 0 Å². The van der Waals surface area contributed by atoms with Crippen molar-refractivity contribution in [3.05, 3.63) is 83.7 Å². The zero-order valence-electron chi connectivity index (χ0n) is 19.0. The van der Waals surface area contributed by atoms with Gasteiger partial charge in [0, 0.05) is 23.9 Å². The van der Waals surface area contributed by atoms with Gasteiger partial charge in [-0.1, -0.05) is 37.3 Å². The predicted molar refractivity (Wildman–Crippen MR) is 124 cm³/mol. The van der Waals surface area contributed by atoms with E-state index in [4.69, 9.17) is 9.84 Å². The van der Waals surface area contributed by atoms with Crippen LogP contribution in [0.2, 0.25) is 0 Å². The second-order valence-corrected chi connectivity index (χ2v) is 8.17. The first-order valence-electron chi connectivity index (χ1n) is 11.0. The molecule has 0 aliphatic heterocycles. The van der Waals surface area contributed by atoms with Crippen molar-refractivity contribution >= 4 is 11.9 Å². The highest BCUT2D eigenvalue weighted by Crippen LogP contribution is 2.29. The molecule has 1 atom stereocenters. The molecule has 3 aromatic rings. The summed E-state index contributed by atoms with van der Waals surface area (Å²) in [5.74, 6) is -0.452. The number of ether oxygens (including phenoxy) is 1. The van der Waals surface area contributed by atoms with E-state index in [1.807, 2.05) is 19.1 Å². The highest BCUT2D eigenvalue weighted by atomic mass is 19.4. The summed E-state index contributed by atoms with van der Waals surface area (Å²) in [6.45, 7) is 2.57. The van der Waals surface area contributed by atoms with E-state index in [1.54, 1.807) is 36.4 Å². The Morgan fingerprint density at radius 3 is 2.23 bits per heavy atom.